The molecule has 0 unspecified atom stereocenters. The van der Waals surface area contributed by atoms with E-state index in [0.29, 0.717) is 6.61 Å². The summed E-state index contributed by atoms with van der Waals surface area (Å²) in [4.78, 5) is 12.2. The topological polar surface area (TPSA) is 26.3 Å². The molecule has 2 heteroatoms. The third kappa shape index (κ3) is 2.90. The first kappa shape index (κ1) is 16.1. The lowest BCUT2D eigenvalue weighted by Gasteiger charge is -2.45. The van der Waals surface area contributed by atoms with Gasteiger partial charge in [-0.25, -0.2) is 0 Å². The Morgan fingerprint density at radius 2 is 1.96 bits per heavy atom. The van der Waals surface area contributed by atoms with Crippen molar-refractivity contribution in [3.05, 3.63) is 77.4 Å². The molecule has 0 radical (unpaired) electrons. The number of allylic oxidation sites excluding steroid dienone is 2. The van der Waals surface area contributed by atoms with Gasteiger partial charge in [-0.1, -0.05) is 56.3 Å². The minimum absolute atomic E-state index is 0.0464. The summed E-state index contributed by atoms with van der Waals surface area (Å²) >= 11 is 0. The Labute approximate surface area is 149 Å². The molecule has 25 heavy (non-hydrogen) atoms. The zero-order valence-electron chi connectivity index (χ0n) is 14.9. The van der Waals surface area contributed by atoms with E-state index in [4.69, 9.17) is 4.74 Å². The van der Waals surface area contributed by atoms with Crippen molar-refractivity contribution >= 4 is 5.78 Å². The normalized spacial score (nSPS) is 27.5. The van der Waals surface area contributed by atoms with Crippen molar-refractivity contribution in [1.29, 1.82) is 0 Å². The zero-order chi connectivity index (χ0) is 17.4. The number of carbonyl (C=O) groups excluding carboxylic acids is 1. The van der Waals surface area contributed by atoms with Crippen LogP contribution in [0.3, 0.4) is 0 Å². The first-order valence-electron chi connectivity index (χ1n) is 9.09. The Hall–Kier alpha value is -2.35. The maximum Gasteiger partial charge on any atom is 0.158 e. The smallest absolute Gasteiger partial charge is 0.158 e. The van der Waals surface area contributed by atoms with Crippen molar-refractivity contribution in [2.24, 2.45) is 11.3 Å². The predicted molar refractivity (Wildman–Crippen MR) is 99.7 cm³/mol. The lowest BCUT2D eigenvalue weighted by atomic mass is 9.58. The molecule has 0 saturated carbocycles. The molecule has 0 amide bonds. The van der Waals surface area contributed by atoms with Gasteiger partial charge >= 0.3 is 0 Å². The van der Waals surface area contributed by atoms with E-state index in [2.05, 4.69) is 50.3 Å². The van der Waals surface area contributed by atoms with Gasteiger partial charge in [0, 0.05) is 11.8 Å². The molecule has 0 fully saturated rings. The molecular formula is C23H24O2. The molecule has 2 aromatic rings. The average Bonchev–Trinajstić information content (AvgIpc) is 2.64. The van der Waals surface area contributed by atoms with Crippen molar-refractivity contribution in [3.8, 4) is 5.75 Å². The molecule has 0 aliphatic heterocycles. The van der Waals surface area contributed by atoms with Crippen LogP contribution in [0.1, 0.15) is 42.9 Å². The van der Waals surface area contributed by atoms with Gasteiger partial charge in [-0.3, -0.25) is 4.79 Å². The SMILES string of the molecule is C[C@@H]1C(=O)C=C[C@]2(C)CCc3cc(OCc4ccccc4)ccc3[C@@H]12. The van der Waals surface area contributed by atoms with Crippen molar-refractivity contribution < 1.29 is 9.53 Å². The molecule has 2 nitrogen and oxygen atoms in total. The van der Waals surface area contributed by atoms with Crippen LogP contribution in [0.4, 0.5) is 0 Å². The van der Waals surface area contributed by atoms with Crippen LogP contribution in [0.2, 0.25) is 0 Å². The first-order chi connectivity index (χ1) is 12.1. The highest BCUT2D eigenvalue weighted by molar-refractivity contribution is 5.93. The molecule has 128 valence electrons. The van der Waals surface area contributed by atoms with E-state index < -0.39 is 0 Å². The highest BCUT2D eigenvalue weighted by atomic mass is 16.5. The molecule has 2 aliphatic rings. The number of hydrogen-bond donors (Lipinski definition) is 0. The van der Waals surface area contributed by atoms with Crippen LogP contribution in [0, 0.1) is 11.3 Å². The first-order valence-corrected chi connectivity index (χ1v) is 9.09. The summed E-state index contributed by atoms with van der Waals surface area (Å²) < 4.78 is 5.99. The van der Waals surface area contributed by atoms with Crippen LogP contribution in [0.15, 0.2) is 60.7 Å². The summed E-state index contributed by atoms with van der Waals surface area (Å²) in [7, 11) is 0. The van der Waals surface area contributed by atoms with Gasteiger partial charge in [-0.15, -0.1) is 0 Å². The molecule has 2 aliphatic carbocycles. The summed E-state index contributed by atoms with van der Waals surface area (Å²) in [6.07, 6.45) is 6.06. The summed E-state index contributed by atoms with van der Waals surface area (Å²) in [5, 5.41) is 0. The van der Waals surface area contributed by atoms with Crippen molar-refractivity contribution in [3.63, 3.8) is 0 Å². The van der Waals surface area contributed by atoms with Crippen LogP contribution < -0.4 is 4.74 Å². The van der Waals surface area contributed by atoms with Crippen LogP contribution >= 0.6 is 0 Å². The van der Waals surface area contributed by atoms with Gasteiger partial charge in [-0.2, -0.15) is 0 Å². The van der Waals surface area contributed by atoms with E-state index in [1.54, 1.807) is 6.08 Å². The lowest BCUT2D eigenvalue weighted by Crippen LogP contribution is -2.39. The molecule has 0 bridgehead atoms. The summed E-state index contributed by atoms with van der Waals surface area (Å²) in [5.41, 5.74) is 3.92. The predicted octanol–water partition coefficient (Wildman–Crippen LogP) is 5.08. The van der Waals surface area contributed by atoms with Gasteiger partial charge in [0.2, 0.25) is 0 Å². The van der Waals surface area contributed by atoms with Gasteiger partial charge in [0.1, 0.15) is 12.4 Å². The minimum Gasteiger partial charge on any atom is -0.489 e. The fourth-order valence-corrected chi connectivity index (χ4v) is 4.46. The van der Waals surface area contributed by atoms with E-state index in [0.717, 1.165) is 18.6 Å². The van der Waals surface area contributed by atoms with E-state index >= 15 is 0 Å². The molecule has 0 heterocycles. The Morgan fingerprint density at radius 1 is 1.16 bits per heavy atom. The number of ether oxygens (including phenoxy) is 1. The fourth-order valence-electron chi connectivity index (χ4n) is 4.46. The third-order valence-electron chi connectivity index (χ3n) is 5.92. The second kappa shape index (κ2) is 6.18. The monoisotopic (exact) mass is 332 g/mol. The minimum atomic E-state index is 0.0464. The molecule has 0 spiro atoms. The van der Waals surface area contributed by atoms with E-state index in [1.165, 1.54) is 16.7 Å². The average molecular weight is 332 g/mol. The highest BCUT2D eigenvalue weighted by Gasteiger charge is 2.44. The fraction of sp³-hybridized carbons (Fsp3) is 0.348. The van der Waals surface area contributed by atoms with Crippen LogP contribution in [-0.4, -0.2) is 5.78 Å². The third-order valence-corrected chi connectivity index (χ3v) is 5.92. The van der Waals surface area contributed by atoms with Crippen LogP contribution in [0.25, 0.3) is 0 Å². The summed E-state index contributed by atoms with van der Waals surface area (Å²) in [6, 6.07) is 16.6. The Kier molecular flexibility index (Phi) is 3.99. The molecular weight excluding hydrogens is 308 g/mol. The lowest BCUT2D eigenvalue weighted by molar-refractivity contribution is -0.120. The second-order valence-electron chi connectivity index (χ2n) is 7.64. The van der Waals surface area contributed by atoms with Gasteiger partial charge in [0.05, 0.1) is 0 Å². The number of benzene rings is 2. The summed E-state index contributed by atoms with van der Waals surface area (Å²) in [5.74, 6) is 1.48. The van der Waals surface area contributed by atoms with Gasteiger partial charge < -0.3 is 4.74 Å². The largest absolute Gasteiger partial charge is 0.489 e. The highest BCUT2D eigenvalue weighted by Crippen LogP contribution is 2.52. The maximum atomic E-state index is 12.2. The molecule has 0 saturated heterocycles. The van der Waals surface area contributed by atoms with Gasteiger partial charge in [-0.05, 0) is 53.2 Å². The van der Waals surface area contributed by atoms with E-state index in [1.807, 2.05) is 18.2 Å². The number of rotatable bonds is 3. The second-order valence-corrected chi connectivity index (χ2v) is 7.64. The standard InChI is InChI=1S/C23H24O2/c1-16-21(24)11-13-23(2)12-10-18-14-19(8-9-20(18)22(16)23)25-15-17-6-4-3-5-7-17/h3-9,11,13-14,16,22H,10,12,15H2,1-2H3/t16-,22-,23+/m1/s1. The Bertz CT molecular complexity index is 821. The van der Waals surface area contributed by atoms with Gasteiger partial charge in [0.25, 0.3) is 0 Å². The quantitative estimate of drug-likeness (QED) is 0.784. The Morgan fingerprint density at radius 3 is 2.76 bits per heavy atom. The van der Waals surface area contributed by atoms with Gasteiger partial charge in [0.15, 0.2) is 5.78 Å². The molecule has 0 aromatic heterocycles. The van der Waals surface area contributed by atoms with E-state index in [9.17, 15) is 4.79 Å². The maximum absolute atomic E-state index is 12.2. The molecule has 4 rings (SSSR count). The van der Waals surface area contributed by atoms with Crippen molar-refractivity contribution in [2.45, 2.75) is 39.2 Å². The van der Waals surface area contributed by atoms with Crippen molar-refractivity contribution in [2.75, 3.05) is 0 Å². The Balaban J connectivity index is 1.60. The number of aryl methyl sites for hydroxylation is 1. The van der Waals surface area contributed by atoms with Crippen molar-refractivity contribution in [1.82, 2.24) is 0 Å². The molecule has 3 atom stereocenters. The van der Waals surface area contributed by atoms with Crippen LogP contribution in [-0.2, 0) is 17.8 Å². The van der Waals surface area contributed by atoms with Crippen LogP contribution in [0.5, 0.6) is 5.75 Å². The number of hydrogen-bond acceptors (Lipinski definition) is 2. The summed E-state index contributed by atoms with van der Waals surface area (Å²) in [6.45, 7) is 4.95. The molecule has 0 N–H and O–H groups in total. The molecule has 2 aromatic carbocycles. The number of carbonyl (C=O) groups is 1. The number of fused-ring (bicyclic) bond motifs is 3. The zero-order valence-corrected chi connectivity index (χ0v) is 14.9. The number of ketones is 1. The van der Waals surface area contributed by atoms with E-state index in [-0.39, 0.29) is 23.0 Å².